The van der Waals surface area contributed by atoms with Gasteiger partial charge in [-0.3, -0.25) is 9.78 Å². The topological polar surface area (TPSA) is 78.4 Å². The summed E-state index contributed by atoms with van der Waals surface area (Å²) >= 11 is 0. The molecule has 0 spiro atoms. The Labute approximate surface area is 153 Å². The van der Waals surface area contributed by atoms with Crippen LogP contribution < -0.4 is 10.2 Å². The van der Waals surface area contributed by atoms with Crippen molar-refractivity contribution in [2.24, 2.45) is 0 Å². The smallest absolute Gasteiger partial charge is 0.251 e. The first kappa shape index (κ1) is 17.0. The summed E-state index contributed by atoms with van der Waals surface area (Å²) in [4.78, 5) is 23.0. The Hall–Kier alpha value is -2.47. The summed E-state index contributed by atoms with van der Waals surface area (Å²) < 4.78 is 0. The van der Waals surface area contributed by atoms with Crippen molar-refractivity contribution in [3.05, 3.63) is 53.5 Å². The second kappa shape index (κ2) is 7.03. The molecule has 6 heteroatoms. The normalized spacial score (nSPS) is 22.1. The van der Waals surface area contributed by atoms with Crippen LogP contribution in [0.1, 0.15) is 40.7 Å². The van der Waals surface area contributed by atoms with Crippen molar-refractivity contribution in [3.8, 4) is 0 Å². The van der Waals surface area contributed by atoms with Gasteiger partial charge in [0.05, 0.1) is 11.8 Å². The highest BCUT2D eigenvalue weighted by Gasteiger charge is 2.34. The minimum atomic E-state index is -0.956. The van der Waals surface area contributed by atoms with Crippen LogP contribution in [0, 0.1) is 0 Å². The van der Waals surface area contributed by atoms with E-state index in [1.807, 2.05) is 17.0 Å². The fourth-order valence-electron chi connectivity index (χ4n) is 3.97. The molecule has 1 aromatic heterocycles. The summed E-state index contributed by atoms with van der Waals surface area (Å²) in [5.74, 6) is 0.639. The Bertz CT molecular complexity index is 796. The minimum absolute atomic E-state index is 0.121. The Kier molecular flexibility index (Phi) is 4.59. The van der Waals surface area contributed by atoms with Gasteiger partial charge < -0.3 is 15.3 Å². The summed E-state index contributed by atoms with van der Waals surface area (Å²) in [5.41, 5.74) is 2.35. The fraction of sp³-hybridized carbons (Fsp3) is 0.450. The number of aromatic nitrogens is 2. The van der Waals surface area contributed by atoms with Crippen LogP contribution >= 0.6 is 0 Å². The molecule has 2 heterocycles. The van der Waals surface area contributed by atoms with Gasteiger partial charge in [-0.1, -0.05) is 6.07 Å². The number of aryl methyl sites for hydroxylation is 2. The molecule has 1 aliphatic heterocycles. The van der Waals surface area contributed by atoms with Gasteiger partial charge in [-0.15, -0.1) is 0 Å². The van der Waals surface area contributed by atoms with Gasteiger partial charge >= 0.3 is 0 Å². The third-order valence-corrected chi connectivity index (χ3v) is 5.37. The number of hydrogen-bond acceptors (Lipinski definition) is 5. The quantitative estimate of drug-likeness (QED) is 0.876. The molecule has 6 nitrogen and oxygen atoms in total. The van der Waals surface area contributed by atoms with E-state index in [-0.39, 0.29) is 12.5 Å². The molecule has 1 aliphatic carbocycles. The lowest BCUT2D eigenvalue weighted by atomic mass is 9.92. The van der Waals surface area contributed by atoms with Gasteiger partial charge in [-0.05, 0) is 55.4 Å². The predicted molar refractivity (Wildman–Crippen MR) is 99.2 cm³/mol. The van der Waals surface area contributed by atoms with Crippen LogP contribution in [0.3, 0.4) is 0 Å². The lowest BCUT2D eigenvalue weighted by Crippen LogP contribution is -2.54. The molecule has 136 valence electrons. The third kappa shape index (κ3) is 3.55. The molecule has 4 rings (SSSR count). The lowest BCUT2D eigenvalue weighted by Gasteiger charge is -2.39. The second-order valence-corrected chi connectivity index (χ2v) is 7.33. The van der Waals surface area contributed by atoms with Crippen LogP contribution in [-0.2, 0) is 12.8 Å². The summed E-state index contributed by atoms with van der Waals surface area (Å²) in [6, 6.07) is 5.94. The van der Waals surface area contributed by atoms with E-state index in [1.165, 1.54) is 17.5 Å². The first-order chi connectivity index (χ1) is 12.6. The first-order valence-electron chi connectivity index (χ1n) is 9.26. The maximum Gasteiger partial charge on any atom is 0.251 e. The summed E-state index contributed by atoms with van der Waals surface area (Å²) in [6.45, 7) is 1.51. The molecule has 1 aromatic carbocycles. The number of amides is 1. The molecule has 26 heavy (non-hydrogen) atoms. The zero-order valence-corrected chi connectivity index (χ0v) is 14.8. The molecule has 2 aromatic rings. The fourth-order valence-corrected chi connectivity index (χ4v) is 3.97. The third-order valence-electron chi connectivity index (χ3n) is 5.37. The van der Waals surface area contributed by atoms with E-state index in [1.54, 1.807) is 18.6 Å². The molecular formula is C20H24N4O2. The van der Waals surface area contributed by atoms with E-state index >= 15 is 0 Å². The highest BCUT2D eigenvalue weighted by atomic mass is 16.3. The van der Waals surface area contributed by atoms with Gasteiger partial charge in [0.1, 0.15) is 5.82 Å². The largest absolute Gasteiger partial charge is 0.386 e. The van der Waals surface area contributed by atoms with Crippen LogP contribution in [0.5, 0.6) is 0 Å². The van der Waals surface area contributed by atoms with Crippen molar-refractivity contribution in [2.75, 3.05) is 24.5 Å². The molecule has 2 aliphatic rings. The average molecular weight is 352 g/mol. The zero-order valence-electron chi connectivity index (χ0n) is 14.8. The van der Waals surface area contributed by atoms with E-state index < -0.39 is 5.60 Å². The standard InChI is InChI=1S/C20H24N4O2/c25-19(17-6-5-15-3-1-4-16(15)11-17)23-13-20(26)7-2-10-24(14-20)18-12-21-8-9-22-18/h5-6,8-9,11-12,26H,1-4,7,10,13-14H2,(H,23,25). The number of hydrogen-bond donors (Lipinski definition) is 2. The number of β-amino-alcohol motifs (C(OH)–C–C–N with tert-alkyl or cyclic N) is 1. The van der Waals surface area contributed by atoms with E-state index in [2.05, 4.69) is 21.4 Å². The number of fused-ring (bicyclic) bond motifs is 1. The number of aliphatic hydroxyl groups is 1. The van der Waals surface area contributed by atoms with E-state index in [0.29, 0.717) is 18.5 Å². The van der Waals surface area contributed by atoms with Crippen molar-refractivity contribution in [1.82, 2.24) is 15.3 Å². The molecule has 2 N–H and O–H groups in total. The van der Waals surface area contributed by atoms with Gasteiger partial charge in [-0.25, -0.2) is 4.98 Å². The lowest BCUT2D eigenvalue weighted by molar-refractivity contribution is 0.0254. The van der Waals surface area contributed by atoms with Crippen LogP contribution in [-0.4, -0.2) is 46.2 Å². The Morgan fingerprint density at radius 2 is 2.12 bits per heavy atom. The number of benzene rings is 1. The van der Waals surface area contributed by atoms with Crippen molar-refractivity contribution in [3.63, 3.8) is 0 Å². The number of anilines is 1. The molecule has 1 fully saturated rings. The Morgan fingerprint density at radius 3 is 2.96 bits per heavy atom. The number of carbonyl (C=O) groups is 1. The van der Waals surface area contributed by atoms with Crippen molar-refractivity contribution in [2.45, 2.75) is 37.7 Å². The van der Waals surface area contributed by atoms with E-state index in [0.717, 1.165) is 31.6 Å². The molecule has 0 saturated carbocycles. The number of nitrogens with one attached hydrogen (secondary N) is 1. The second-order valence-electron chi connectivity index (χ2n) is 7.33. The summed E-state index contributed by atoms with van der Waals surface area (Å²) in [6.07, 6.45) is 9.82. The Morgan fingerprint density at radius 1 is 1.23 bits per heavy atom. The van der Waals surface area contributed by atoms with Gasteiger partial charge in [0.25, 0.3) is 5.91 Å². The summed E-state index contributed by atoms with van der Waals surface area (Å²) in [5, 5.41) is 13.9. The maximum absolute atomic E-state index is 12.5. The first-order valence-corrected chi connectivity index (χ1v) is 9.26. The van der Waals surface area contributed by atoms with Gasteiger partial charge in [0, 0.05) is 37.6 Å². The molecule has 0 bridgehead atoms. The molecule has 0 radical (unpaired) electrons. The maximum atomic E-state index is 12.5. The van der Waals surface area contributed by atoms with Crippen LogP contribution in [0.25, 0.3) is 0 Å². The molecule has 1 amide bonds. The van der Waals surface area contributed by atoms with Crippen LogP contribution in [0.4, 0.5) is 5.82 Å². The number of nitrogens with zero attached hydrogens (tertiary/aromatic N) is 3. The average Bonchev–Trinajstić information content (AvgIpc) is 3.15. The minimum Gasteiger partial charge on any atom is -0.386 e. The highest BCUT2D eigenvalue weighted by Crippen LogP contribution is 2.25. The number of piperidine rings is 1. The van der Waals surface area contributed by atoms with Gasteiger partial charge in [0.2, 0.25) is 0 Å². The van der Waals surface area contributed by atoms with Gasteiger partial charge in [0.15, 0.2) is 0 Å². The van der Waals surface area contributed by atoms with Crippen molar-refractivity contribution >= 4 is 11.7 Å². The number of rotatable bonds is 4. The molecule has 1 atom stereocenters. The van der Waals surface area contributed by atoms with Crippen LogP contribution in [0.15, 0.2) is 36.8 Å². The number of carbonyl (C=O) groups excluding carboxylic acids is 1. The molecule has 1 saturated heterocycles. The Balaban J connectivity index is 1.39. The monoisotopic (exact) mass is 352 g/mol. The molecule has 1 unspecified atom stereocenters. The van der Waals surface area contributed by atoms with Gasteiger partial charge in [-0.2, -0.15) is 0 Å². The highest BCUT2D eigenvalue weighted by molar-refractivity contribution is 5.94. The SMILES string of the molecule is O=C(NCC1(O)CCCN(c2cnccn2)C1)c1ccc2c(c1)CCC2. The zero-order chi connectivity index (χ0) is 18.0. The predicted octanol–water partition coefficient (Wildman–Crippen LogP) is 1.73. The van der Waals surface area contributed by atoms with Crippen molar-refractivity contribution < 1.29 is 9.90 Å². The van der Waals surface area contributed by atoms with Crippen LogP contribution in [0.2, 0.25) is 0 Å². The van der Waals surface area contributed by atoms with E-state index in [9.17, 15) is 9.90 Å². The van der Waals surface area contributed by atoms with E-state index in [4.69, 9.17) is 0 Å². The summed E-state index contributed by atoms with van der Waals surface area (Å²) in [7, 11) is 0. The molecular weight excluding hydrogens is 328 g/mol. The van der Waals surface area contributed by atoms with Crippen molar-refractivity contribution in [1.29, 1.82) is 0 Å².